The highest BCUT2D eigenvalue weighted by Gasteiger charge is 2.61. The second-order valence-corrected chi connectivity index (χ2v) is 29.8. The molecule has 1 spiro atoms. The third-order valence-corrected chi connectivity index (χ3v) is 23.9. The van der Waals surface area contributed by atoms with E-state index in [0.717, 1.165) is 19.4 Å². The standard InChI is InChI=1S/C41H76O4Si2/c1-29(39(9,10)42-12)28-43-30(2)33-21-22-34-32(18-17-23-40(33,34)11)20-19-31-26-35(44-46(13,14)37(3,4)5)41(24-25-41)36(27-31)45-47(15,16)38(6,7)8/h19-20,29-30,33-36H,17-18,21-28H2,1-16H3/b32-20+/t29-,30+,33?,34?,35+,36+,40?/m0/s1. The lowest BCUT2D eigenvalue weighted by atomic mass is 9.62. The molecular formula is C41H76O4Si2. The van der Waals surface area contributed by atoms with Gasteiger partial charge in [0.25, 0.3) is 0 Å². The van der Waals surface area contributed by atoms with E-state index in [0.29, 0.717) is 23.2 Å². The summed E-state index contributed by atoms with van der Waals surface area (Å²) in [4.78, 5) is 0. The van der Waals surface area contributed by atoms with Gasteiger partial charge in [0, 0.05) is 18.4 Å². The van der Waals surface area contributed by atoms with Gasteiger partial charge in [-0.15, -0.1) is 0 Å². The van der Waals surface area contributed by atoms with Crippen molar-refractivity contribution in [2.45, 2.75) is 194 Å². The monoisotopic (exact) mass is 689 g/mol. The molecule has 0 aromatic heterocycles. The number of fused-ring (bicyclic) bond motifs is 1. The highest BCUT2D eigenvalue weighted by molar-refractivity contribution is 6.74. The van der Waals surface area contributed by atoms with Crippen molar-refractivity contribution < 1.29 is 18.3 Å². The minimum Gasteiger partial charge on any atom is -0.413 e. The molecule has 47 heavy (non-hydrogen) atoms. The zero-order chi connectivity index (χ0) is 35.4. The van der Waals surface area contributed by atoms with Crippen molar-refractivity contribution in [3.8, 4) is 0 Å². The largest absolute Gasteiger partial charge is 0.413 e. The second kappa shape index (κ2) is 13.7. The Morgan fingerprint density at radius 3 is 1.81 bits per heavy atom. The van der Waals surface area contributed by atoms with Gasteiger partial charge in [-0.3, -0.25) is 0 Å². The van der Waals surface area contributed by atoms with Gasteiger partial charge < -0.3 is 18.3 Å². The second-order valence-electron chi connectivity index (χ2n) is 20.3. The van der Waals surface area contributed by atoms with Crippen LogP contribution in [0.1, 0.15) is 134 Å². The van der Waals surface area contributed by atoms with Gasteiger partial charge in [-0.05, 0) is 132 Å². The Hall–Kier alpha value is -0.246. The lowest BCUT2D eigenvalue weighted by molar-refractivity contribution is -0.0860. The number of ether oxygens (including phenoxy) is 2. The fraction of sp³-hybridized carbons (Fsp3) is 0.902. The predicted molar refractivity (Wildman–Crippen MR) is 205 cm³/mol. The Kier molecular flexibility index (Phi) is 11.5. The zero-order valence-corrected chi connectivity index (χ0v) is 35.8. The van der Waals surface area contributed by atoms with Gasteiger partial charge in [0.05, 0.1) is 30.5 Å². The van der Waals surface area contributed by atoms with Crippen LogP contribution in [-0.4, -0.2) is 54.3 Å². The molecule has 0 aromatic carbocycles. The summed E-state index contributed by atoms with van der Waals surface area (Å²) in [6.07, 6.45) is 17.0. The van der Waals surface area contributed by atoms with E-state index >= 15 is 0 Å². The molecule has 4 fully saturated rings. The number of allylic oxidation sites excluding steroid dienone is 3. The maximum absolute atomic E-state index is 7.36. The third kappa shape index (κ3) is 8.14. The van der Waals surface area contributed by atoms with Crippen molar-refractivity contribution in [1.82, 2.24) is 0 Å². The van der Waals surface area contributed by atoms with Crippen LogP contribution in [0.5, 0.6) is 0 Å². The molecule has 0 amide bonds. The van der Waals surface area contributed by atoms with E-state index in [1.54, 1.807) is 11.1 Å². The Balaban J connectivity index is 1.57. The first-order chi connectivity index (χ1) is 21.4. The molecule has 0 saturated heterocycles. The van der Waals surface area contributed by atoms with Crippen LogP contribution in [0.2, 0.25) is 36.3 Å². The maximum Gasteiger partial charge on any atom is 0.192 e. The molecule has 4 saturated carbocycles. The van der Waals surface area contributed by atoms with Gasteiger partial charge >= 0.3 is 0 Å². The molecule has 4 rings (SSSR count). The lowest BCUT2D eigenvalue weighted by Crippen LogP contribution is -2.54. The first-order valence-corrected chi connectivity index (χ1v) is 25.1. The molecule has 4 aliphatic rings. The van der Waals surface area contributed by atoms with E-state index in [4.69, 9.17) is 18.3 Å². The Morgan fingerprint density at radius 1 is 0.809 bits per heavy atom. The van der Waals surface area contributed by atoms with Crippen molar-refractivity contribution in [2.24, 2.45) is 28.6 Å². The number of hydrogen-bond donors (Lipinski definition) is 0. The molecule has 4 nitrogen and oxygen atoms in total. The van der Waals surface area contributed by atoms with Crippen LogP contribution < -0.4 is 0 Å². The quantitative estimate of drug-likeness (QED) is 0.202. The fourth-order valence-electron chi connectivity index (χ4n) is 8.57. The summed E-state index contributed by atoms with van der Waals surface area (Å²) in [6, 6.07) is 0. The van der Waals surface area contributed by atoms with Crippen LogP contribution in [0.4, 0.5) is 0 Å². The smallest absolute Gasteiger partial charge is 0.192 e. The van der Waals surface area contributed by atoms with Gasteiger partial charge in [0.1, 0.15) is 0 Å². The molecule has 4 aliphatic carbocycles. The molecule has 7 atom stereocenters. The van der Waals surface area contributed by atoms with Crippen LogP contribution >= 0.6 is 0 Å². The molecule has 272 valence electrons. The van der Waals surface area contributed by atoms with Gasteiger partial charge in [0.15, 0.2) is 16.6 Å². The summed E-state index contributed by atoms with van der Waals surface area (Å²) < 4.78 is 27.1. The van der Waals surface area contributed by atoms with Crippen molar-refractivity contribution in [3.05, 3.63) is 23.3 Å². The Bertz CT molecular complexity index is 1110. The van der Waals surface area contributed by atoms with Crippen LogP contribution in [0.3, 0.4) is 0 Å². The minimum atomic E-state index is -1.93. The highest BCUT2D eigenvalue weighted by atomic mass is 28.4. The van der Waals surface area contributed by atoms with Crippen LogP contribution in [0.15, 0.2) is 23.3 Å². The summed E-state index contributed by atoms with van der Waals surface area (Å²) in [5.41, 5.74) is 3.58. The summed E-state index contributed by atoms with van der Waals surface area (Å²) in [7, 11) is -2.05. The summed E-state index contributed by atoms with van der Waals surface area (Å²) in [5, 5.41) is 0.402. The van der Waals surface area contributed by atoms with Crippen LogP contribution in [0, 0.1) is 28.6 Å². The van der Waals surface area contributed by atoms with E-state index in [9.17, 15) is 0 Å². The SMILES string of the molecule is COC(C)(C)[C@@H](C)CO[C@H](C)C1CCC2/C(=C/C=C3C[C@@H](O[Si](C)(C)C(C)(C)C)C4(CC4)[C@H](O[Si](C)(C)C(C)(C)C)C3)CCCC21C. The first-order valence-electron chi connectivity index (χ1n) is 19.3. The summed E-state index contributed by atoms with van der Waals surface area (Å²) in [6.45, 7) is 36.3. The number of rotatable bonds is 11. The van der Waals surface area contributed by atoms with Crippen LogP contribution in [-0.2, 0) is 18.3 Å². The fourth-order valence-corrected chi connectivity index (χ4v) is 11.3. The zero-order valence-electron chi connectivity index (χ0n) is 33.8. The topological polar surface area (TPSA) is 36.9 Å². The molecule has 0 bridgehead atoms. The molecule has 0 aliphatic heterocycles. The van der Waals surface area contributed by atoms with E-state index in [1.165, 1.54) is 44.9 Å². The Morgan fingerprint density at radius 2 is 1.34 bits per heavy atom. The van der Waals surface area contributed by atoms with E-state index in [1.807, 2.05) is 7.11 Å². The molecule has 3 unspecified atom stereocenters. The van der Waals surface area contributed by atoms with Crippen LogP contribution in [0.25, 0.3) is 0 Å². The van der Waals surface area contributed by atoms with Crippen molar-refractivity contribution in [1.29, 1.82) is 0 Å². The Labute approximate surface area is 293 Å². The lowest BCUT2D eigenvalue weighted by Gasteiger charge is -2.49. The molecule has 0 radical (unpaired) electrons. The van der Waals surface area contributed by atoms with Crippen molar-refractivity contribution >= 4 is 16.6 Å². The van der Waals surface area contributed by atoms with Crippen molar-refractivity contribution in [3.63, 3.8) is 0 Å². The third-order valence-electron chi connectivity index (χ3n) is 15.0. The van der Waals surface area contributed by atoms with Gasteiger partial charge in [-0.1, -0.05) is 78.7 Å². The first kappa shape index (κ1) is 39.5. The summed E-state index contributed by atoms with van der Waals surface area (Å²) in [5.74, 6) is 1.62. The van der Waals surface area contributed by atoms with E-state index < -0.39 is 16.6 Å². The molecule has 0 aromatic rings. The van der Waals surface area contributed by atoms with Crippen molar-refractivity contribution in [2.75, 3.05) is 13.7 Å². The van der Waals surface area contributed by atoms with Gasteiger partial charge in [-0.2, -0.15) is 0 Å². The average Bonchev–Trinajstić information content (AvgIpc) is 3.66. The highest BCUT2D eigenvalue weighted by Crippen LogP contribution is 2.62. The number of hydrogen-bond acceptors (Lipinski definition) is 4. The van der Waals surface area contributed by atoms with E-state index in [-0.39, 0.29) is 39.4 Å². The molecule has 0 heterocycles. The average molecular weight is 689 g/mol. The molecule has 0 N–H and O–H groups in total. The van der Waals surface area contributed by atoms with Gasteiger partial charge in [0.2, 0.25) is 0 Å². The van der Waals surface area contributed by atoms with Gasteiger partial charge in [-0.25, -0.2) is 0 Å². The summed E-state index contributed by atoms with van der Waals surface area (Å²) >= 11 is 0. The maximum atomic E-state index is 7.36. The minimum absolute atomic E-state index is 0.169. The normalized spacial score (nSPS) is 32.4. The van der Waals surface area contributed by atoms with E-state index in [2.05, 4.69) is 115 Å². The predicted octanol–water partition coefficient (Wildman–Crippen LogP) is 11.9. The molecule has 6 heteroatoms. The molecular weight excluding hydrogens is 613 g/mol. The number of methoxy groups -OCH3 is 1.